The summed E-state index contributed by atoms with van der Waals surface area (Å²) in [4.78, 5) is 36.9. The third kappa shape index (κ3) is 2.78. The van der Waals surface area contributed by atoms with Gasteiger partial charge in [0.15, 0.2) is 0 Å². The zero-order chi connectivity index (χ0) is 15.7. The fraction of sp³-hybridized carbons (Fsp3) is 0.308. The molecule has 0 radical (unpaired) electrons. The summed E-state index contributed by atoms with van der Waals surface area (Å²) in [5, 5.41) is 0.526. The molecule has 112 valence electrons. The first-order valence-electron chi connectivity index (χ1n) is 6.21. The first-order chi connectivity index (χ1) is 9.82. The highest BCUT2D eigenvalue weighted by Crippen LogP contribution is 2.20. The number of carbonyl (C=O) groups is 1. The summed E-state index contributed by atoms with van der Waals surface area (Å²) < 4.78 is 5.84. The van der Waals surface area contributed by atoms with Gasteiger partial charge in [-0.2, -0.15) is 0 Å². The van der Waals surface area contributed by atoms with Gasteiger partial charge < -0.3 is 4.52 Å². The lowest BCUT2D eigenvalue weighted by Gasteiger charge is -2.25. The molecule has 8 heteroatoms. The quantitative estimate of drug-likeness (QED) is 0.845. The molecule has 21 heavy (non-hydrogen) atoms. The lowest BCUT2D eigenvalue weighted by Crippen LogP contribution is -2.43. The lowest BCUT2D eigenvalue weighted by atomic mass is 10.2. The van der Waals surface area contributed by atoms with Crippen molar-refractivity contribution in [3.8, 4) is 0 Å². The van der Waals surface area contributed by atoms with E-state index >= 15 is 0 Å². The van der Waals surface area contributed by atoms with Crippen molar-refractivity contribution >= 4 is 23.3 Å². The van der Waals surface area contributed by atoms with E-state index in [0.29, 0.717) is 15.4 Å². The van der Waals surface area contributed by atoms with Gasteiger partial charge in [-0.3, -0.25) is 4.90 Å². The Morgan fingerprint density at radius 1 is 1.24 bits per heavy atom. The summed E-state index contributed by atoms with van der Waals surface area (Å²) in [6.07, 6.45) is 0. The van der Waals surface area contributed by atoms with E-state index in [0.717, 1.165) is 4.57 Å². The van der Waals surface area contributed by atoms with E-state index in [2.05, 4.69) is 4.52 Å². The molecule has 2 aromatic rings. The van der Waals surface area contributed by atoms with Crippen LogP contribution in [0.25, 0.3) is 0 Å². The Morgan fingerprint density at radius 2 is 1.81 bits per heavy atom. The molecule has 0 aliphatic heterocycles. The van der Waals surface area contributed by atoms with Crippen LogP contribution in [0.15, 0.2) is 38.4 Å². The maximum absolute atomic E-state index is 12.5. The monoisotopic (exact) mass is 311 g/mol. The molecule has 0 atom stereocenters. The van der Waals surface area contributed by atoms with Crippen LogP contribution in [0.2, 0.25) is 5.02 Å². The second-order valence-electron chi connectivity index (χ2n) is 4.72. The van der Waals surface area contributed by atoms with Crippen LogP contribution >= 0.6 is 11.6 Å². The van der Waals surface area contributed by atoms with Crippen molar-refractivity contribution < 1.29 is 9.32 Å². The molecule has 1 aromatic heterocycles. The summed E-state index contributed by atoms with van der Waals surface area (Å²) in [6.45, 7) is 3.55. The molecule has 0 bridgehead atoms. The molecule has 0 unspecified atom stereocenters. The second kappa shape index (κ2) is 5.61. The molecule has 0 N–H and O–H groups in total. The Kier molecular flexibility index (Phi) is 4.04. The molecule has 0 aliphatic rings. The molecule has 1 aromatic carbocycles. The topological polar surface area (TPSA) is 77.5 Å². The van der Waals surface area contributed by atoms with E-state index in [-0.39, 0.29) is 6.04 Å². The van der Waals surface area contributed by atoms with Crippen LogP contribution in [0.3, 0.4) is 0 Å². The predicted octanol–water partition coefficient (Wildman–Crippen LogP) is 1.68. The molecular weight excluding hydrogens is 298 g/mol. The van der Waals surface area contributed by atoms with Gasteiger partial charge in [0.2, 0.25) is 0 Å². The molecule has 0 spiro atoms. The molecule has 1 heterocycles. The molecule has 0 saturated heterocycles. The zero-order valence-corrected chi connectivity index (χ0v) is 12.5. The van der Waals surface area contributed by atoms with E-state index < -0.39 is 17.5 Å². The first kappa shape index (κ1) is 15.1. The van der Waals surface area contributed by atoms with Crippen LogP contribution in [0.1, 0.15) is 13.8 Å². The minimum absolute atomic E-state index is 0.254. The lowest BCUT2D eigenvalue weighted by molar-refractivity contribution is 0.208. The average molecular weight is 312 g/mol. The van der Waals surface area contributed by atoms with Gasteiger partial charge in [0.05, 0.1) is 0 Å². The van der Waals surface area contributed by atoms with Gasteiger partial charge in [0.25, 0.3) is 0 Å². The van der Waals surface area contributed by atoms with E-state index in [1.165, 1.54) is 11.9 Å². The summed E-state index contributed by atoms with van der Waals surface area (Å²) in [7, 11) is 1.24. The maximum atomic E-state index is 12.5. The third-order valence-corrected chi connectivity index (χ3v) is 3.16. The van der Waals surface area contributed by atoms with Crippen molar-refractivity contribution in [2.75, 3.05) is 4.90 Å². The van der Waals surface area contributed by atoms with Crippen LogP contribution in [-0.2, 0) is 7.05 Å². The van der Waals surface area contributed by atoms with Crippen LogP contribution in [0.4, 0.5) is 10.5 Å². The molecule has 0 saturated carbocycles. The number of nitrogens with zero attached hydrogens (tertiary/aromatic N) is 3. The molecule has 0 fully saturated rings. The van der Waals surface area contributed by atoms with Gasteiger partial charge in [-0.1, -0.05) is 16.3 Å². The van der Waals surface area contributed by atoms with Crippen LogP contribution in [0.5, 0.6) is 0 Å². The van der Waals surface area contributed by atoms with E-state index in [9.17, 15) is 14.4 Å². The number of benzene rings is 1. The summed E-state index contributed by atoms with van der Waals surface area (Å²) >= 11 is 5.82. The van der Waals surface area contributed by atoms with Gasteiger partial charge in [-0.15, -0.1) is 0 Å². The predicted molar refractivity (Wildman–Crippen MR) is 78.1 cm³/mol. The zero-order valence-electron chi connectivity index (χ0n) is 11.7. The number of anilines is 1. The smallest absolute Gasteiger partial charge is 0.307 e. The number of aromatic nitrogens is 2. The van der Waals surface area contributed by atoms with Crippen molar-refractivity contribution in [2.24, 2.45) is 7.05 Å². The Hall–Kier alpha value is -2.28. The Labute approximate surface area is 124 Å². The number of rotatable bonds is 2. The molecular formula is C13H14ClN3O4. The number of carbonyl (C=O) groups excluding carboxylic acids is 1. The normalized spacial score (nSPS) is 10.9. The fourth-order valence-electron chi connectivity index (χ4n) is 1.84. The minimum atomic E-state index is -0.895. The first-order valence-corrected chi connectivity index (χ1v) is 6.59. The molecule has 1 amide bonds. The SMILES string of the molecule is CC(C)N(C(=O)n1oc(=O)n(C)c1=O)c1ccc(Cl)cc1. The van der Waals surface area contributed by atoms with E-state index in [4.69, 9.17) is 11.6 Å². The van der Waals surface area contributed by atoms with Crippen LogP contribution < -0.4 is 16.3 Å². The van der Waals surface area contributed by atoms with Crippen molar-refractivity contribution in [3.05, 3.63) is 50.3 Å². The van der Waals surface area contributed by atoms with Gasteiger partial charge >= 0.3 is 17.5 Å². The molecule has 0 aliphatic carbocycles. The number of amides is 1. The minimum Gasteiger partial charge on any atom is -0.307 e. The van der Waals surface area contributed by atoms with Crippen molar-refractivity contribution in [2.45, 2.75) is 19.9 Å². The van der Waals surface area contributed by atoms with Crippen molar-refractivity contribution in [1.82, 2.24) is 9.31 Å². The molecule has 7 nitrogen and oxygen atoms in total. The van der Waals surface area contributed by atoms with E-state index in [1.54, 1.807) is 38.1 Å². The largest absolute Gasteiger partial charge is 0.442 e. The number of hydrogen-bond donors (Lipinski definition) is 0. The number of hydrogen-bond acceptors (Lipinski definition) is 4. The van der Waals surface area contributed by atoms with Crippen LogP contribution in [-0.4, -0.2) is 21.4 Å². The van der Waals surface area contributed by atoms with Gasteiger partial charge in [-0.05, 0) is 38.1 Å². The highest BCUT2D eigenvalue weighted by Gasteiger charge is 2.25. The van der Waals surface area contributed by atoms with Crippen molar-refractivity contribution in [1.29, 1.82) is 0 Å². The van der Waals surface area contributed by atoms with Crippen molar-refractivity contribution in [3.63, 3.8) is 0 Å². The van der Waals surface area contributed by atoms with E-state index in [1.807, 2.05) is 0 Å². The third-order valence-electron chi connectivity index (χ3n) is 2.90. The summed E-state index contributed by atoms with van der Waals surface area (Å²) in [6, 6.07) is 5.55. The van der Waals surface area contributed by atoms with Gasteiger partial charge in [-0.25, -0.2) is 19.0 Å². The summed E-state index contributed by atoms with van der Waals surface area (Å²) in [5.41, 5.74) is -0.289. The van der Waals surface area contributed by atoms with Gasteiger partial charge in [0.1, 0.15) is 0 Å². The van der Waals surface area contributed by atoms with Crippen LogP contribution in [0, 0.1) is 0 Å². The summed E-state index contributed by atoms with van der Waals surface area (Å²) in [5.74, 6) is -0.895. The second-order valence-corrected chi connectivity index (χ2v) is 5.15. The number of halogens is 1. The average Bonchev–Trinajstić information content (AvgIpc) is 2.68. The standard InChI is InChI=1S/C13H14ClN3O4/c1-8(2)16(10-6-4-9(14)5-7-10)12(19)17-11(18)15(3)13(20)21-17/h4-8H,1-3H3. The maximum Gasteiger partial charge on any atom is 0.442 e. The Balaban J connectivity index is 2.50. The fourth-order valence-corrected chi connectivity index (χ4v) is 1.97. The highest BCUT2D eigenvalue weighted by atomic mass is 35.5. The highest BCUT2D eigenvalue weighted by molar-refractivity contribution is 6.30. The Morgan fingerprint density at radius 3 is 2.24 bits per heavy atom. The Bertz CT molecular complexity index is 770. The van der Waals surface area contributed by atoms with Gasteiger partial charge in [0, 0.05) is 23.8 Å². The molecule has 2 rings (SSSR count).